The van der Waals surface area contributed by atoms with Crippen molar-refractivity contribution in [2.45, 2.75) is 12.8 Å². The molecular formula is C12H11F3O3. The normalized spacial score (nSPS) is 16.2. The van der Waals surface area contributed by atoms with Crippen LogP contribution in [0.4, 0.5) is 13.2 Å². The van der Waals surface area contributed by atoms with Crippen LogP contribution in [0.3, 0.4) is 0 Å². The first-order chi connectivity index (χ1) is 8.44. The van der Waals surface area contributed by atoms with Crippen LogP contribution in [-0.4, -0.2) is 25.4 Å². The molecule has 0 radical (unpaired) electrons. The van der Waals surface area contributed by atoms with Crippen molar-refractivity contribution in [1.29, 1.82) is 0 Å². The molecule has 1 aliphatic heterocycles. The molecule has 1 aliphatic rings. The first-order valence-electron chi connectivity index (χ1n) is 5.41. The van der Waals surface area contributed by atoms with Gasteiger partial charge in [0.1, 0.15) is 5.75 Å². The van der Waals surface area contributed by atoms with Gasteiger partial charge in [0.05, 0.1) is 13.2 Å². The highest BCUT2D eigenvalue weighted by molar-refractivity contribution is 5.96. The first kappa shape index (κ1) is 12.9. The number of Topliss-reactive ketones (excluding diaryl/α,β-unsaturated/α-hetero) is 1. The van der Waals surface area contributed by atoms with Gasteiger partial charge < -0.3 is 9.47 Å². The van der Waals surface area contributed by atoms with E-state index >= 15 is 0 Å². The fraction of sp³-hybridized carbons (Fsp3) is 0.417. The number of ketones is 1. The third-order valence-electron chi connectivity index (χ3n) is 2.59. The van der Waals surface area contributed by atoms with Gasteiger partial charge in [-0.3, -0.25) is 4.79 Å². The molecule has 1 saturated heterocycles. The Morgan fingerprint density at radius 2 is 1.89 bits per heavy atom. The summed E-state index contributed by atoms with van der Waals surface area (Å²) >= 11 is 0. The third kappa shape index (κ3) is 3.46. The molecular weight excluding hydrogens is 249 g/mol. The van der Waals surface area contributed by atoms with E-state index in [0.29, 0.717) is 25.2 Å². The average molecular weight is 260 g/mol. The molecule has 0 aliphatic carbocycles. The lowest BCUT2D eigenvalue weighted by Gasteiger charge is -2.25. The van der Waals surface area contributed by atoms with E-state index in [1.54, 1.807) is 0 Å². The van der Waals surface area contributed by atoms with Crippen molar-refractivity contribution in [2.24, 2.45) is 5.92 Å². The van der Waals surface area contributed by atoms with Crippen LogP contribution in [0, 0.1) is 5.92 Å². The molecule has 0 unspecified atom stereocenters. The Bertz CT molecular complexity index is 421. The molecule has 0 bridgehead atoms. The largest absolute Gasteiger partial charge is 0.573 e. The lowest BCUT2D eigenvalue weighted by atomic mass is 9.97. The first-order valence-corrected chi connectivity index (χ1v) is 5.41. The number of ether oxygens (including phenoxy) is 2. The number of rotatable bonds is 4. The molecule has 98 valence electrons. The summed E-state index contributed by atoms with van der Waals surface area (Å²) in [5.74, 6) is -0.198. The zero-order valence-electron chi connectivity index (χ0n) is 9.37. The Morgan fingerprint density at radius 1 is 1.28 bits per heavy atom. The Balaban J connectivity index is 1.96. The van der Waals surface area contributed by atoms with Gasteiger partial charge in [0.2, 0.25) is 0 Å². The second-order valence-corrected chi connectivity index (χ2v) is 4.10. The van der Waals surface area contributed by atoms with Crippen LogP contribution in [0.1, 0.15) is 16.8 Å². The van der Waals surface area contributed by atoms with Crippen LogP contribution >= 0.6 is 0 Å². The fourth-order valence-corrected chi connectivity index (χ4v) is 1.62. The Morgan fingerprint density at radius 3 is 2.33 bits per heavy atom. The SMILES string of the molecule is O=C(CC1COC1)c1ccc(OC(F)(F)F)cc1. The number of alkyl halides is 3. The van der Waals surface area contributed by atoms with Crippen molar-refractivity contribution in [1.82, 2.24) is 0 Å². The average Bonchev–Trinajstić information content (AvgIpc) is 2.22. The minimum atomic E-state index is -4.71. The highest BCUT2D eigenvalue weighted by Gasteiger charge is 2.31. The zero-order chi connectivity index (χ0) is 13.2. The summed E-state index contributed by atoms with van der Waals surface area (Å²) in [6, 6.07) is 4.95. The summed E-state index contributed by atoms with van der Waals surface area (Å²) < 4.78 is 44.4. The predicted octanol–water partition coefficient (Wildman–Crippen LogP) is 2.80. The quantitative estimate of drug-likeness (QED) is 0.781. The summed E-state index contributed by atoms with van der Waals surface area (Å²) in [4.78, 5) is 11.7. The van der Waals surface area contributed by atoms with Crippen LogP contribution in [0.2, 0.25) is 0 Å². The Hall–Kier alpha value is -1.56. The highest BCUT2D eigenvalue weighted by Crippen LogP contribution is 2.24. The molecule has 0 saturated carbocycles. The lowest BCUT2D eigenvalue weighted by Crippen LogP contribution is -2.29. The molecule has 0 atom stereocenters. The van der Waals surface area contributed by atoms with E-state index < -0.39 is 6.36 Å². The fourth-order valence-electron chi connectivity index (χ4n) is 1.62. The maximum atomic E-state index is 11.9. The van der Waals surface area contributed by atoms with Gasteiger partial charge >= 0.3 is 6.36 Å². The van der Waals surface area contributed by atoms with Gasteiger partial charge in [-0.15, -0.1) is 13.2 Å². The van der Waals surface area contributed by atoms with Gasteiger partial charge in [-0.1, -0.05) is 0 Å². The van der Waals surface area contributed by atoms with E-state index in [4.69, 9.17) is 4.74 Å². The number of hydrogen-bond acceptors (Lipinski definition) is 3. The second-order valence-electron chi connectivity index (χ2n) is 4.10. The topological polar surface area (TPSA) is 35.5 Å². The summed E-state index contributed by atoms with van der Waals surface area (Å²) in [5.41, 5.74) is 0.386. The molecule has 2 rings (SSSR count). The molecule has 1 heterocycles. The van der Waals surface area contributed by atoms with Crippen LogP contribution in [0.15, 0.2) is 24.3 Å². The predicted molar refractivity (Wildman–Crippen MR) is 56.4 cm³/mol. The number of benzene rings is 1. The maximum Gasteiger partial charge on any atom is 0.573 e. The van der Waals surface area contributed by atoms with Gasteiger partial charge in [-0.05, 0) is 24.3 Å². The van der Waals surface area contributed by atoms with Gasteiger partial charge in [0.15, 0.2) is 5.78 Å². The molecule has 6 heteroatoms. The van der Waals surface area contributed by atoms with E-state index in [-0.39, 0.29) is 17.5 Å². The minimum absolute atomic E-state index is 0.0955. The standard InChI is InChI=1S/C12H11F3O3/c13-12(14,15)18-10-3-1-9(2-4-10)11(16)5-8-6-17-7-8/h1-4,8H,5-7H2. The van der Waals surface area contributed by atoms with E-state index in [0.717, 1.165) is 12.1 Å². The Kier molecular flexibility index (Phi) is 3.56. The van der Waals surface area contributed by atoms with Crippen LogP contribution < -0.4 is 4.74 Å². The van der Waals surface area contributed by atoms with Gasteiger partial charge in [-0.25, -0.2) is 0 Å². The van der Waals surface area contributed by atoms with Crippen molar-refractivity contribution >= 4 is 5.78 Å². The summed E-state index contributed by atoms with van der Waals surface area (Å²) in [7, 11) is 0. The molecule has 0 spiro atoms. The number of hydrogen-bond donors (Lipinski definition) is 0. The summed E-state index contributed by atoms with van der Waals surface area (Å²) in [6.07, 6.45) is -4.35. The van der Waals surface area contributed by atoms with E-state index in [2.05, 4.69) is 4.74 Å². The molecule has 3 nitrogen and oxygen atoms in total. The second kappa shape index (κ2) is 4.97. The van der Waals surface area contributed by atoms with Crippen LogP contribution in [0.5, 0.6) is 5.75 Å². The Labute approximate surface area is 102 Å². The van der Waals surface area contributed by atoms with Crippen LogP contribution in [0.25, 0.3) is 0 Å². The number of halogens is 3. The number of carbonyl (C=O) groups excluding carboxylic acids is 1. The molecule has 1 aromatic carbocycles. The molecule has 0 amide bonds. The van der Waals surface area contributed by atoms with Crippen molar-refractivity contribution in [3.63, 3.8) is 0 Å². The molecule has 0 aromatic heterocycles. The van der Waals surface area contributed by atoms with Gasteiger partial charge in [0.25, 0.3) is 0 Å². The van der Waals surface area contributed by atoms with Gasteiger partial charge in [0, 0.05) is 17.9 Å². The van der Waals surface area contributed by atoms with E-state index in [1.165, 1.54) is 12.1 Å². The highest BCUT2D eigenvalue weighted by atomic mass is 19.4. The minimum Gasteiger partial charge on any atom is -0.406 e. The van der Waals surface area contributed by atoms with Crippen LogP contribution in [-0.2, 0) is 4.74 Å². The van der Waals surface area contributed by atoms with Crippen molar-refractivity contribution in [2.75, 3.05) is 13.2 Å². The van der Waals surface area contributed by atoms with E-state index in [1.807, 2.05) is 0 Å². The summed E-state index contributed by atoms with van der Waals surface area (Å²) in [5, 5.41) is 0. The van der Waals surface area contributed by atoms with E-state index in [9.17, 15) is 18.0 Å². The molecule has 1 fully saturated rings. The smallest absolute Gasteiger partial charge is 0.406 e. The summed E-state index contributed by atoms with van der Waals surface area (Å²) in [6.45, 7) is 1.14. The van der Waals surface area contributed by atoms with Crippen molar-refractivity contribution in [3.05, 3.63) is 29.8 Å². The molecule has 18 heavy (non-hydrogen) atoms. The van der Waals surface area contributed by atoms with Gasteiger partial charge in [-0.2, -0.15) is 0 Å². The van der Waals surface area contributed by atoms with Crippen molar-refractivity contribution < 1.29 is 27.4 Å². The lowest BCUT2D eigenvalue weighted by molar-refractivity contribution is -0.274. The van der Waals surface area contributed by atoms with Crippen molar-refractivity contribution in [3.8, 4) is 5.75 Å². The monoisotopic (exact) mass is 260 g/mol. The zero-order valence-corrected chi connectivity index (χ0v) is 9.37. The maximum absolute atomic E-state index is 11.9. The molecule has 1 aromatic rings. The number of carbonyl (C=O) groups is 1. The third-order valence-corrected chi connectivity index (χ3v) is 2.59. The molecule has 0 N–H and O–H groups in total.